The van der Waals surface area contributed by atoms with Crippen LogP contribution in [0.4, 0.5) is 14.6 Å². The number of piperidine rings is 1. The maximum atomic E-state index is 12.9. The van der Waals surface area contributed by atoms with Crippen molar-refractivity contribution in [2.24, 2.45) is 5.92 Å². The maximum Gasteiger partial charge on any atom is 0.251 e. The smallest absolute Gasteiger partial charge is 0.251 e. The van der Waals surface area contributed by atoms with Crippen LogP contribution in [0.5, 0.6) is 5.75 Å². The van der Waals surface area contributed by atoms with E-state index < -0.39 is 12.5 Å². The first-order valence-electron chi connectivity index (χ1n) is 13.4. The van der Waals surface area contributed by atoms with Gasteiger partial charge in [-0.3, -0.25) is 4.90 Å². The van der Waals surface area contributed by atoms with Crippen LogP contribution in [0.3, 0.4) is 0 Å². The van der Waals surface area contributed by atoms with Crippen LogP contribution in [0, 0.1) is 26.7 Å². The van der Waals surface area contributed by atoms with Gasteiger partial charge in [0.1, 0.15) is 30.0 Å². The minimum atomic E-state index is -2.33. The van der Waals surface area contributed by atoms with E-state index in [9.17, 15) is 13.9 Å². The molecular weight excluding hydrogens is 506 g/mol. The molecule has 1 aliphatic heterocycles. The summed E-state index contributed by atoms with van der Waals surface area (Å²) < 4.78 is 37.1. The number of ether oxygens (including phenoxy) is 1. The fourth-order valence-electron chi connectivity index (χ4n) is 5.01. The van der Waals surface area contributed by atoms with Crippen molar-refractivity contribution in [1.29, 1.82) is 0 Å². The van der Waals surface area contributed by atoms with Crippen molar-refractivity contribution in [1.82, 2.24) is 25.3 Å². The van der Waals surface area contributed by atoms with E-state index in [1.165, 1.54) is 0 Å². The molecule has 0 aliphatic carbocycles. The lowest BCUT2D eigenvalue weighted by atomic mass is 9.98. The number of aliphatic hydroxyl groups excluding tert-OH is 1. The van der Waals surface area contributed by atoms with E-state index in [0.717, 1.165) is 40.9 Å². The van der Waals surface area contributed by atoms with Gasteiger partial charge in [-0.15, -0.1) is 0 Å². The molecule has 0 spiro atoms. The Balaban J connectivity index is 1.62. The van der Waals surface area contributed by atoms with Crippen molar-refractivity contribution in [3.05, 3.63) is 41.3 Å². The monoisotopic (exact) mass is 544 g/mol. The number of alkyl halides is 2. The van der Waals surface area contributed by atoms with Crippen LogP contribution in [-0.2, 0) is 0 Å². The maximum absolute atomic E-state index is 12.9. The van der Waals surface area contributed by atoms with E-state index in [0.29, 0.717) is 49.3 Å². The molecule has 9 nitrogen and oxygen atoms in total. The molecule has 2 unspecified atom stereocenters. The van der Waals surface area contributed by atoms with Crippen LogP contribution in [0.1, 0.15) is 29.9 Å². The Bertz CT molecular complexity index is 1220. The summed E-state index contributed by atoms with van der Waals surface area (Å²) in [7, 11) is 1.77. The van der Waals surface area contributed by atoms with Crippen LogP contribution in [-0.4, -0.2) is 84.0 Å². The number of nitrogens with zero attached hydrogens (tertiary/aromatic N) is 4. The summed E-state index contributed by atoms with van der Waals surface area (Å²) in [5.41, 5.74) is 3.89. The molecule has 3 aromatic rings. The second-order valence-corrected chi connectivity index (χ2v) is 10.2. The summed E-state index contributed by atoms with van der Waals surface area (Å²) in [5, 5.41) is 20.5. The van der Waals surface area contributed by atoms with Gasteiger partial charge in [0.2, 0.25) is 0 Å². The molecule has 3 N–H and O–H groups in total. The summed E-state index contributed by atoms with van der Waals surface area (Å²) in [6.07, 6.45) is -1.09. The summed E-state index contributed by atoms with van der Waals surface area (Å²) in [5.74, 6) is 2.68. The fraction of sp³-hybridized carbons (Fsp3) is 0.536. The molecule has 4 rings (SSSR count). The Morgan fingerprint density at radius 3 is 2.77 bits per heavy atom. The van der Waals surface area contributed by atoms with E-state index in [-0.39, 0.29) is 19.1 Å². The molecule has 0 saturated carbocycles. The predicted molar refractivity (Wildman–Crippen MR) is 146 cm³/mol. The number of aryl methyl sites for hydroxylation is 2. The molecule has 0 bridgehead atoms. The van der Waals surface area contributed by atoms with Gasteiger partial charge in [0.15, 0.2) is 5.82 Å². The van der Waals surface area contributed by atoms with Crippen molar-refractivity contribution < 1.29 is 23.1 Å². The number of anilines is 1. The van der Waals surface area contributed by atoms with Crippen molar-refractivity contribution in [3.8, 4) is 28.4 Å². The lowest BCUT2D eigenvalue weighted by Crippen LogP contribution is -2.40. The molecule has 212 valence electrons. The lowest BCUT2D eigenvalue weighted by Gasteiger charge is -2.32. The van der Waals surface area contributed by atoms with Crippen LogP contribution < -0.4 is 15.4 Å². The second-order valence-electron chi connectivity index (χ2n) is 10.2. The molecule has 1 fully saturated rings. The quantitative estimate of drug-likeness (QED) is 0.311. The number of hydrogen-bond donors (Lipinski definition) is 3. The number of aliphatic hydroxyl groups is 1. The van der Waals surface area contributed by atoms with Gasteiger partial charge in [0, 0.05) is 30.8 Å². The molecule has 39 heavy (non-hydrogen) atoms. The van der Waals surface area contributed by atoms with Gasteiger partial charge in [0.25, 0.3) is 6.43 Å². The zero-order valence-electron chi connectivity index (χ0n) is 23.0. The Kier molecular flexibility index (Phi) is 9.82. The highest BCUT2D eigenvalue weighted by molar-refractivity contribution is 5.74. The number of likely N-dealkylation sites (N-methyl/N-ethyl adjacent to an activating group) is 1. The molecule has 1 aliphatic rings. The van der Waals surface area contributed by atoms with Crippen molar-refractivity contribution >= 4 is 5.82 Å². The van der Waals surface area contributed by atoms with E-state index in [1.54, 1.807) is 7.05 Å². The van der Waals surface area contributed by atoms with Gasteiger partial charge in [-0.2, -0.15) is 0 Å². The molecule has 3 heterocycles. The topological polar surface area (TPSA) is 109 Å². The number of benzene rings is 1. The molecule has 11 heteroatoms. The Labute approximate surface area is 228 Å². The van der Waals surface area contributed by atoms with Crippen LogP contribution in [0.25, 0.3) is 22.6 Å². The average molecular weight is 545 g/mol. The van der Waals surface area contributed by atoms with E-state index in [2.05, 4.69) is 15.8 Å². The number of likely N-dealkylation sites (tertiary alicyclic amines) is 1. The first-order valence-corrected chi connectivity index (χ1v) is 13.4. The van der Waals surface area contributed by atoms with Crippen LogP contribution >= 0.6 is 0 Å². The highest BCUT2D eigenvalue weighted by Gasteiger charge is 2.24. The highest BCUT2D eigenvalue weighted by atomic mass is 19.3. The Morgan fingerprint density at radius 2 is 2.05 bits per heavy atom. The minimum Gasteiger partial charge on any atom is -0.491 e. The normalized spacial score (nSPS) is 17.0. The first kappa shape index (κ1) is 28.8. The molecule has 0 radical (unpaired) electrons. The predicted octanol–water partition coefficient (Wildman–Crippen LogP) is 4.07. The summed E-state index contributed by atoms with van der Waals surface area (Å²) in [6, 6.07) is 7.44. The third kappa shape index (κ3) is 7.49. The number of nitrogens with one attached hydrogen (secondary N) is 2. The summed E-state index contributed by atoms with van der Waals surface area (Å²) >= 11 is 0. The number of halogens is 2. The van der Waals surface area contributed by atoms with Gasteiger partial charge in [-0.1, -0.05) is 17.3 Å². The molecular formula is C28H38F2N6O3. The van der Waals surface area contributed by atoms with Crippen molar-refractivity contribution in [3.63, 3.8) is 0 Å². The van der Waals surface area contributed by atoms with Crippen LogP contribution in [0.15, 0.2) is 28.8 Å². The minimum absolute atomic E-state index is 0.153. The van der Waals surface area contributed by atoms with E-state index in [1.807, 2.05) is 49.9 Å². The number of aromatic nitrogens is 3. The zero-order chi connectivity index (χ0) is 27.9. The Hall–Kier alpha value is -3.15. The highest BCUT2D eigenvalue weighted by Crippen LogP contribution is 2.34. The van der Waals surface area contributed by atoms with Gasteiger partial charge >= 0.3 is 0 Å². The standard InChI is InChI=1S/C28H38F2N6O3/c1-17-26(25-18(2)35-39-19(25)3)33-28(21-8-5-9-23(11-21)38-16-22(37)13-31-4)34-27(17)32-12-20-7-6-10-36(14-20)15-24(29)30/h5,8-9,11,20,22,24,31,37H,6-7,10,12-16H2,1-4H3,(H,32,33,34). The van der Waals surface area contributed by atoms with Crippen LogP contribution in [0.2, 0.25) is 0 Å². The largest absolute Gasteiger partial charge is 0.491 e. The van der Waals surface area contributed by atoms with Gasteiger partial charge < -0.3 is 25.0 Å². The van der Waals surface area contributed by atoms with E-state index in [4.69, 9.17) is 19.2 Å². The Morgan fingerprint density at radius 1 is 1.23 bits per heavy atom. The van der Waals surface area contributed by atoms with Gasteiger partial charge in [0.05, 0.1) is 23.5 Å². The van der Waals surface area contributed by atoms with Gasteiger partial charge in [-0.25, -0.2) is 18.7 Å². The molecule has 2 atom stereocenters. The fourth-order valence-corrected chi connectivity index (χ4v) is 5.01. The molecule has 0 amide bonds. The summed E-state index contributed by atoms with van der Waals surface area (Å²) in [6.45, 7) is 8.04. The third-order valence-corrected chi connectivity index (χ3v) is 6.95. The third-order valence-electron chi connectivity index (χ3n) is 6.95. The number of rotatable bonds is 12. The van der Waals surface area contributed by atoms with Crippen molar-refractivity contribution in [2.45, 2.75) is 46.1 Å². The first-order chi connectivity index (χ1) is 18.7. The SMILES string of the molecule is CNCC(O)COc1cccc(-c2nc(NCC3CCCN(CC(F)F)C3)c(C)c(-c3c(C)noc3C)n2)c1. The second kappa shape index (κ2) is 13.3. The lowest BCUT2D eigenvalue weighted by molar-refractivity contribution is 0.0666. The molecule has 2 aromatic heterocycles. The van der Waals surface area contributed by atoms with E-state index >= 15 is 0 Å². The van der Waals surface area contributed by atoms with Gasteiger partial charge in [-0.05, 0) is 65.3 Å². The molecule has 1 saturated heterocycles. The summed E-state index contributed by atoms with van der Waals surface area (Å²) in [4.78, 5) is 11.6. The zero-order valence-corrected chi connectivity index (χ0v) is 23.0. The average Bonchev–Trinajstić information content (AvgIpc) is 3.24. The van der Waals surface area contributed by atoms with Crippen molar-refractivity contribution in [2.75, 3.05) is 51.7 Å². The molecule has 1 aromatic carbocycles. The number of hydrogen-bond acceptors (Lipinski definition) is 9.